The molecule has 0 radical (unpaired) electrons. The molecule has 5 N–H and O–H groups in total. The van der Waals surface area contributed by atoms with Crippen molar-refractivity contribution in [3.8, 4) is 23.3 Å². The van der Waals surface area contributed by atoms with E-state index in [1.54, 1.807) is 0 Å². The van der Waals surface area contributed by atoms with Gasteiger partial charge in [-0.05, 0) is 5.56 Å². The summed E-state index contributed by atoms with van der Waals surface area (Å²) < 4.78 is 0. The van der Waals surface area contributed by atoms with E-state index in [4.69, 9.17) is 16.7 Å². The molecule has 3 aromatic rings. The lowest BCUT2D eigenvalue weighted by atomic mass is 9.97. The van der Waals surface area contributed by atoms with Crippen molar-refractivity contribution >= 4 is 33.1 Å². The Morgan fingerprint density at radius 3 is 2.38 bits per heavy atom. The average Bonchev–Trinajstić information content (AvgIpc) is 2.82. The number of aromatic nitrogens is 1. The smallest absolute Gasteiger partial charge is 0.290 e. The highest BCUT2D eigenvalue weighted by molar-refractivity contribution is 7.19. The minimum atomic E-state index is 0.273. The second kappa shape index (κ2) is 4.78. The van der Waals surface area contributed by atoms with Crippen LogP contribution in [0.15, 0.2) is 30.3 Å². The molecule has 1 aromatic carbocycles. The van der Waals surface area contributed by atoms with Gasteiger partial charge in [0.1, 0.15) is 22.6 Å². The zero-order chi connectivity index (χ0) is 15.0. The molecule has 0 unspecified atom stereocenters. The molecule has 0 spiro atoms. The highest BCUT2D eigenvalue weighted by atomic mass is 32.1. The fourth-order valence-corrected chi connectivity index (χ4v) is 3.25. The largest absolute Gasteiger partial charge is 0.396 e. The van der Waals surface area contributed by atoms with Gasteiger partial charge >= 0.3 is 0 Å². The third kappa shape index (κ3) is 1.86. The van der Waals surface area contributed by atoms with Gasteiger partial charge in [0.15, 0.2) is 4.83 Å². The van der Waals surface area contributed by atoms with E-state index in [-0.39, 0.29) is 5.82 Å². The summed E-state index contributed by atoms with van der Waals surface area (Å²) in [6.45, 7) is 0. The molecule has 0 aliphatic carbocycles. The zero-order valence-corrected chi connectivity index (χ0v) is 11.7. The van der Waals surface area contributed by atoms with Crippen LogP contribution in [0.3, 0.4) is 0 Å². The summed E-state index contributed by atoms with van der Waals surface area (Å²) in [5.74, 6) is 0.273. The number of nitrogens with one attached hydrogen (secondary N) is 1. The molecule has 0 aliphatic heterocycles. The van der Waals surface area contributed by atoms with Crippen LogP contribution in [-0.2, 0) is 0 Å². The maximum atomic E-state index is 9.42. The van der Waals surface area contributed by atoms with Crippen LogP contribution in [0.1, 0.15) is 10.4 Å². The van der Waals surface area contributed by atoms with Crippen LogP contribution < -0.4 is 16.5 Å². The molecule has 2 heterocycles. The maximum Gasteiger partial charge on any atom is 0.290 e. The molecule has 0 aliphatic rings. The maximum absolute atomic E-state index is 9.42. The highest BCUT2D eigenvalue weighted by Crippen LogP contribution is 2.40. The molecule has 100 valence electrons. The molecule has 3 rings (SSSR count). The van der Waals surface area contributed by atoms with Crippen molar-refractivity contribution < 1.29 is 4.98 Å². The predicted octanol–water partition coefficient (Wildman–Crippen LogP) is 2.29. The summed E-state index contributed by atoms with van der Waals surface area (Å²) in [7, 11) is 0. The molecule has 0 saturated heterocycles. The van der Waals surface area contributed by atoms with Gasteiger partial charge in [-0.15, -0.1) is 0 Å². The van der Waals surface area contributed by atoms with Gasteiger partial charge in [-0.1, -0.05) is 41.7 Å². The van der Waals surface area contributed by atoms with E-state index in [1.807, 2.05) is 30.3 Å². The second-order valence-corrected chi connectivity index (χ2v) is 5.45. The Morgan fingerprint density at radius 1 is 1.05 bits per heavy atom. The fraction of sp³-hybridized carbons (Fsp3) is 0. The number of rotatable bonds is 1. The molecule has 0 atom stereocenters. The normalized spacial score (nSPS) is 10.2. The molecule has 0 bridgehead atoms. The molecule has 21 heavy (non-hydrogen) atoms. The van der Waals surface area contributed by atoms with Gasteiger partial charge in [0, 0.05) is 5.56 Å². The summed E-state index contributed by atoms with van der Waals surface area (Å²) in [5, 5.41) is 19.2. The first-order chi connectivity index (χ1) is 10.2. The minimum Gasteiger partial charge on any atom is -0.396 e. The van der Waals surface area contributed by atoms with Crippen molar-refractivity contribution in [1.29, 1.82) is 10.5 Å². The lowest BCUT2D eigenvalue weighted by Crippen LogP contribution is -2.13. The van der Waals surface area contributed by atoms with Crippen molar-refractivity contribution in [3.63, 3.8) is 0 Å². The van der Waals surface area contributed by atoms with E-state index in [2.05, 4.69) is 17.1 Å². The van der Waals surface area contributed by atoms with Gasteiger partial charge in [-0.25, -0.2) is 4.98 Å². The van der Waals surface area contributed by atoms with E-state index < -0.39 is 0 Å². The van der Waals surface area contributed by atoms with Crippen LogP contribution in [-0.4, -0.2) is 0 Å². The Bertz CT molecular complexity index is 929. The van der Waals surface area contributed by atoms with Crippen LogP contribution in [0.25, 0.3) is 21.3 Å². The number of fused-ring (bicyclic) bond motifs is 1. The lowest BCUT2D eigenvalue weighted by Gasteiger charge is -2.06. The quantitative estimate of drug-likeness (QED) is 0.716. The topological polar surface area (TPSA) is 114 Å². The lowest BCUT2D eigenvalue weighted by molar-refractivity contribution is -0.323. The second-order valence-electron chi connectivity index (χ2n) is 4.43. The number of nitrogen functional groups attached to an aromatic ring is 2. The number of benzene rings is 1. The monoisotopic (exact) mass is 292 g/mol. The van der Waals surface area contributed by atoms with Gasteiger partial charge in [0.2, 0.25) is 0 Å². The van der Waals surface area contributed by atoms with Crippen LogP contribution in [0.2, 0.25) is 0 Å². The van der Waals surface area contributed by atoms with Crippen molar-refractivity contribution in [2.45, 2.75) is 0 Å². The van der Waals surface area contributed by atoms with Crippen LogP contribution in [0.4, 0.5) is 11.5 Å². The number of nitrogens with zero attached hydrogens (tertiary/aromatic N) is 2. The Labute approximate surface area is 124 Å². The average molecular weight is 292 g/mol. The summed E-state index contributed by atoms with van der Waals surface area (Å²) in [6.07, 6.45) is 0. The Balaban J connectivity index is 2.54. The molecular formula is C15H10N5S+. The van der Waals surface area contributed by atoms with Crippen molar-refractivity contribution in [2.75, 3.05) is 11.5 Å². The standard InChI is InChI=1S/C15H9N5S/c16-6-9-11(8-4-2-1-3-5-8)12-13(18)10(7-17)21-15(12)20-14(9)19/h1-5H,18H2,(H2,19,20)/p+1. The van der Waals surface area contributed by atoms with Crippen LogP contribution in [0, 0.1) is 22.7 Å². The molecular weight excluding hydrogens is 282 g/mol. The summed E-state index contributed by atoms with van der Waals surface area (Å²) >= 11 is 1.24. The summed E-state index contributed by atoms with van der Waals surface area (Å²) in [4.78, 5) is 4.06. The van der Waals surface area contributed by atoms with Gasteiger partial charge in [-0.3, -0.25) is 5.73 Å². The van der Waals surface area contributed by atoms with Gasteiger partial charge in [-0.2, -0.15) is 10.5 Å². The third-order valence-electron chi connectivity index (χ3n) is 3.24. The number of H-pyrrole nitrogens is 1. The van der Waals surface area contributed by atoms with Gasteiger partial charge < -0.3 is 5.73 Å². The number of thiophene rings is 1. The number of hydrogen-bond acceptors (Lipinski definition) is 5. The number of nitriles is 2. The predicted molar refractivity (Wildman–Crippen MR) is 82.1 cm³/mol. The van der Waals surface area contributed by atoms with Crippen molar-refractivity contribution in [1.82, 2.24) is 0 Å². The first kappa shape index (κ1) is 12.9. The SMILES string of the molecule is N#Cc1sc2[nH+]c(N)c(C#N)c(-c3ccccc3)c2c1N. The fourth-order valence-electron chi connectivity index (χ4n) is 2.32. The van der Waals surface area contributed by atoms with E-state index in [0.717, 1.165) is 5.56 Å². The molecule has 2 aromatic heterocycles. The number of nitrogens with two attached hydrogens (primary N) is 2. The van der Waals surface area contributed by atoms with Crippen molar-refractivity contribution in [2.24, 2.45) is 0 Å². The minimum absolute atomic E-state index is 0.273. The van der Waals surface area contributed by atoms with Crippen molar-refractivity contribution in [3.05, 3.63) is 40.8 Å². The summed E-state index contributed by atoms with van der Waals surface area (Å²) in [5.41, 5.74) is 14.2. The van der Waals surface area contributed by atoms with Crippen LogP contribution in [0.5, 0.6) is 0 Å². The Morgan fingerprint density at radius 2 is 1.76 bits per heavy atom. The molecule has 0 fully saturated rings. The van der Waals surface area contributed by atoms with E-state index in [9.17, 15) is 5.26 Å². The number of pyridine rings is 1. The molecule has 6 heteroatoms. The number of anilines is 2. The zero-order valence-electron chi connectivity index (χ0n) is 10.8. The number of hydrogen-bond donors (Lipinski definition) is 2. The first-order valence-corrected chi connectivity index (χ1v) is 6.91. The van der Waals surface area contributed by atoms with Crippen LogP contribution >= 0.6 is 11.3 Å². The third-order valence-corrected chi connectivity index (χ3v) is 4.26. The van der Waals surface area contributed by atoms with E-state index in [1.165, 1.54) is 11.3 Å². The Hall–Kier alpha value is -3.09. The van der Waals surface area contributed by atoms with E-state index in [0.29, 0.717) is 31.9 Å². The summed E-state index contributed by atoms with van der Waals surface area (Å²) in [6, 6.07) is 13.6. The number of aromatic amines is 1. The molecule has 0 amide bonds. The molecule has 5 nitrogen and oxygen atoms in total. The first-order valence-electron chi connectivity index (χ1n) is 6.09. The van der Waals surface area contributed by atoms with Gasteiger partial charge in [0.05, 0.1) is 11.1 Å². The Kier molecular flexibility index (Phi) is 2.94. The van der Waals surface area contributed by atoms with Gasteiger partial charge in [0.25, 0.3) is 5.82 Å². The highest BCUT2D eigenvalue weighted by Gasteiger charge is 2.23. The molecule has 0 saturated carbocycles. The van der Waals surface area contributed by atoms with E-state index >= 15 is 0 Å².